The van der Waals surface area contributed by atoms with Crippen LogP contribution in [0.4, 0.5) is 16.3 Å². The van der Waals surface area contributed by atoms with Gasteiger partial charge in [-0.15, -0.1) is 0 Å². The number of anilines is 2. The summed E-state index contributed by atoms with van der Waals surface area (Å²) in [7, 11) is 0. The number of aromatic nitrogens is 5. The van der Waals surface area contributed by atoms with Crippen molar-refractivity contribution in [3.8, 4) is 11.3 Å². The van der Waals surface area contributed by atoms with Crippen LogP contribution in [0.25, 0.3) is 27.7 Å². The van der Waals surface area contributed by atoms with Crippen LogP contribution in [0.5, 0.6) is 0 Å². The maximum absolute atomic E-state index is 13.3. The van der Waals surface area contributed by atoms with Gasteiger partial charge in [-0.1, -0.05) is 62.9 Å². The van der Waals surface area contributed by atoms with E-state index in [2.05, 4.69) is 47.5 Å². The number of hydrogen-bond acceptors (Lipinski definition) is 8. The van der Waals surface area contributed by atoms with Crippen molar-refractivity contribution in [1.82, 2.24) is 29.9 Å². The van der Waals surface area contributed by atoms with Crippen LogP contribution in [0.3, 0.4) is 0 Å². The van der Waals surface area contributed by atoms with Crippen LogP contribution in [0, 0.1) is 0 Å². The number of carbonyl (C=O) groups is 1. The van der Waals surface area contributed by atoms with Crippen LogP contribution in [-0.4, -0.2) is 49.5 Å². The molecule has 4 heterocycles. The Morgan fingerprint density at radius 3 is 2.84 bits per heavy atom. The molecule has 1 fully saturated rings. The van der Waals surface area contributed by atoms with Crippen LogP contribution < -0.4 is 16.0 Å². The molecule has 220 valence electrons. The summed E-state index contributed by atoms with van der Waals surface area (Å²) in [4.78, 5) is 26.3. The Morgan fingerprint density at radius 2 is 2.05 bits per heavy atom. The van der Waals surface area contributed by atoms with Crippen LogP contribution in [0.2, 0.25) is 0 Å². The van der Waals surface area contributed by atoms with Crippen molar-refractivity contribution < 1.29 is 9.18 Å². The Labute approximate surface area is 249 Å². The maximum atomic E-state index is 13.3. The largest absolute Gasteiger partial charge is 0.350 e. The van der Waals surface area contributed by atoms with E-state index in [0.717, 1.165) is 70.3 Å². The smallest absolute Gasteiger partial charge is 0.229 e. The lowest BCUT2D eigenvalue weighted by molar-refractivity contribution is -0.116. The Kier molecular flexibility index (Phi) is 8.11. The third-order valence-electron chi connectivity index (χ3n) is 7.85. The first-order valence-corrected chi connectivity index (χ1v) is 14.7. The number of fused-ring (bicyclic) bond motifs is 2. The van der Waals surface area contributed by atoms with Gasteiger partial charge in [0, 0.05) is 48.3 Å². The molecule has 0 amide bonds. The normalized spacial score (nSPS) is 15.2. The van der Waals surface area contributed by atoms with Crippen molar-refractivity contribution >= 4 is 34.1 Å². The number of halogens is 1. The van der Waals surface area contributed by atoms with Gasteiger partial charge in [-0.3, -0.25) is 9.78 Å². The summed E-state index contributed by atoms with van der Waals surface area (Å²) in [5, 5.41) is 17.0. The number of nitrogens with zero attached hydrogens (tertiary/aromatic N) is 5. The molecule has 1 saturated heterocycles. The minimum atomic E-state index is -0.928. The van der Waals surface area contributed by atoms with Crippen molar-refractivity contribution in [2.24, 2.45) is 0 Å². The highest BCUT2D eigenvalue weighted by atomic mass is 19.1. The van der Waals surface area contributed by atoms with Gasteiger partial charge in [0.2, 0.25) is 11.9 Å². The fraction of sp³-hybridized carbons (Fsp3) is 0.303. The number of allylic oxidation sites excluding steroid dienone is 1. The van der Waals surface area contributed by atoms with E-state index in [1.807, 2.05) is 48.7 Å². The van der Waals surface area contributed by atoms with Crippen LogP contribution in [-0.2, 0) is 17.8 Å². The summed E-state index contributed by atoms with van der Waals surface area (Å²) >= 11 is 0. The Balaban J connectivity index is 1.32. The van der Waals surface area contributed by atoms with E-state index in [-0.39, 0.29) is 18.4 Å². The van der Waals surface area contributed by atoms with Crippen LogP contribution >= 0.6 is 0 Å². The zero-order valence-electron chi connectivity index (χ0n) is 24.4. The Morgan fingerprint density at radius 1 is 1.19 bits per heavy atom. The molecule has 0 unspecified atom stereocenters. The molecule has 1 aliphatic rings. The number of ketones is 1. The lowest BCUT2D eigenvalue weighted by Gasteiger charge is -2.24. The molecule has 43 heavy (non-hydrogen) atoms. The van der Waals surface area contributed by atoms with Gasteiger partial charge in [-0.2, -0.15) is 19.6 Å². The Bertz CT molecular complexity index is 1810. The second-order valence-electron chi connectivity index (χ2n) is 11.3. The monoisotopic (exact) mass is 578 g/mol. The van der Waals surface area contributed by atoms with Crippen molar-refractivity contribution in [2.45, 2.75) is 51.6 Å². The van der Waals surface area contributed by atoms with E-state index in [1.54, 1.807) is 10.7 Å². The van der Waals surface area contributed by atoms with E-state index in [4.69, 9.17) is 15.0 Å². The first kappa shape index (κ1) is 28.4. The van der Waals surface area contributed by atoms with Gasteiger partial charge in [0.1, 0.15) is 0 Å². The second-order valence-corrected chi connectivity index (χ2v) is 11.3. The maximum Gasteiger partial charge on any atom is 0.229 e. The molecule has 0 spiro atoms. The molecule has 1 atom stereocenters. The molecule has 0 bridgehead atoms. The molecule has 3 aromatic heterocycles. The number of benzene rings is 2. The third-order valence-corrected chi connectivity index (χ3v) is 7.85. The molecule has 0 aliphatic carbocycles. The lowest BCUT2D eigenvalue weighted by Crippen LogP contribution is -2.38. The summed E-state index contributed by atoms with van der Waals surface area (Å²) in [5.74, 6) is -0.0944. The SMILES string of the molecule is C=C(F)C(=O)Cc1ccc2c(-c3ccccc3CNc3nc(N[C@@H]4CCCNC4)nc4c(C(C)C)cnn34)nccc2c1. The molecule has 0 saturated carbocycles. The first-order chi connectivity index (χ1) is 20.9. The third kappa shape index (κ3) is 6.10. The minimum Gasteiger partial charge on any atom is -0.350 e. The van der Waals surface area contributed by atoms with Crippen LogP contribution in [0.15, 0.2) is 73.3 Å². The number of piperidine rings is 1. The molecule has 9 nitrogen and oxygen atoms in total. The van der Waals surface area contributed by atoms with Gasteiger partial charge < -0.3 is 16.0 Å². The fourth-order valence-electron chi connectivity index (χ4n) is 5.55. The predicted molar refractivity (Wildman–Crippen MR) is 168 cm³/mol. The first-order valence-electron chi connectivity index (χ1n) is 14.7. The zero-order chi connectivity index (χ0) is 29.9. The number of pyridine rings is 1. The van der Waals surface area contributed by atoms with Gasteiger partial charge >= 0.3 is 0 Å². The van der Waals surface area contributed by atoms with Gasteiger partial charge in [0.05, 0.1) is 11.9 Å². The minimum absolute atomic E-state index is 0.0309. The van der Waals surface area contributed by atoms with E-state index in [9.17, 15) is 9.18 Å². The van der Waals surface area contributed by atoms with E-state index in [0.29, 0.717) is 18.4 Å². The van der Waals surface area contributed by atoms with E-state index in [1.165, 1.54) is 0 Å². The van der Waals surface area contributed by atoms with Crippen molar-refractivity contribution in [3.05, 3.63) is 90.0 Å². The molecule has 10 heteroatoms. The topological polar surface area (TPSA) is 109 Å². The summed E-state index contributed by atoms with van der Waals surface area (Å²) in [5.41, 5.74) is 5.40. The molecule has 1 aliphatic heterocycles. The average Bonchev–Trinajstić information content (AvgIpc) is 3.45. The van der Waals surface area contributed by atoms with Crippen LogP contribution in [0.1, 0.15) is 49.3 Å². The molecule has 2 aromatic carbocycles. The highest BCUT2D eigenvalue weighted by molar-refractivity contribution is 5.98. The molecule has 3 N–H and O–H groups in total. The van der Waals surface area contributed by atoms with E-state index >= 15 is 0 Å². The van der Waals surface area contributed by atoms with Crippen molar-refractivity contribution in [3.63, 3.8) is 0 Å². The average molecular weight is 579 g/mol. The molecular weight excluding hydrogens is 543 g/mol. The standard InChI is InChI=1S/C33H35FN8O/c1-20(2)28-19-38-42-31(28)40-32(39-25-8-6-13-35-18-25)41-33(42)37-17-24-7-4-5-9-26(24)30-27-11-10-22(16-29(43)21(3)34)15-23(27)12-14-36-30/h4-5,7,9-12,14-15,19-20,25,35H,3,6,8,13,16-18H2,1-2H3,(H2,37,39,40,41)/t25-/m1/s1. The number of Topliss-reactive ketones (excluding diaryl/α,β-unsaturated/α-hetero) is 1. The number of hydrogen-bond donors (Lipinski definition) is 3. The molecule has 6 rings (SSSR count). The summed E-state index contributed by atoms with van der Waals surface area (Å²) in [6.07, 6.45) is 5.77. The fourth-order valence-corrected chi connectivity index (χ4v) is 5.55. The summed E-state index contributed by atoms with van der Waals surface area (Å²) in [6, 6.07) is 16.0. The molecule has 5 aromatic rings. The molecule has 0 radical (unpaired) electrons. The van der Waals surface area contributed by atoms with Crippen molar-refractivity contribution in [1.29, 1.82) is 0 Å². The number of rotatable bonds is 10. The predicted octanol–water partition coefficient (Wildman–Crippen LogP) is 5.83. The van der Waals surface area contributed by atoms with Gasteiger partial charge in [-0.25, -0.2) is 4.39 Å². The Hall–Kier alpha value is -4.70. The lowest BCUT2D eigenvalue weighted by atomic mass is 9.97. The summed E-state index contributed by atoms with van der Waals surface area (Å²) < 4.78 is 15.1. The van der Waals surface area contributed by atoms with E-state index < -0.39 is 11.6 Å². The van der Waals surface area contributed by atoms with Gasteiger partial charge in [-0.05, 0) is 47.9 Å². The highest BCUT2D eigenvalue weighted by Gasteiger charge is 2.19. The second kappa shape index (κ2) is 12.3. The highest BCUT2D eigenvalue weighted by Crippen LogP contribution is 2.31. The molecular formula is C33H35FN8O. The number of carbonyl (C=O) groups excluding carboxylic acids is 1. The number of nitrogens with one attached hydrogen (secondary N) is 3. The van der Waals surface area contributed by atoms with Crippen molar-refractivity contribution in [2.75, 3.05) is 23.7 Å². The van der Waals surface area contributed by atoms with Gasteiger partial charge in [0.15, 0.2) is 17.3 Å². The summed E-state index contributed by atoms with van der Waals surface area (Å²) in [6.45, 7) is 9.78. The quantitative estimate of drug-likeness (QED) is 0.178. The zero-order valence-corrected chi connectivity index (χ0v) is 24.4. The van der Waals surface area contributed by atoms with Gasteiger partial charge in [0.25, 0.3) is 0 Å².